The summed E-state index contributed by atoms with van der Waals surface area (Å²) < 4.78 is 4.96. The fourth-order valence-electron chi connectivity index (χ4n) is 2.92. The topological polar surface area (TPSA) is 75.7 Å². The van der Waals surface area contributed by atoms with Crippen LogP contribution in [0.25, 0.3) is 0 Å². The molecule has 0 aromatic heterocycles. The van der Waals surface area contributed by atoms with Gasteiger partial charge in [-0.3, -0.25) is 9.59 Å². The van der Waals surface area contributed by atoms with E-state index in [4.69, 9.17) is 4.74 Å². The monoisotopic (exact) mass is 352 g/mol. The average Bonchev–Trinajstić information content (AvgIpc) is 2.98. The van der Waals surface area contributed by atoms with Gasteiger partial charge >= 0.3 is 5.97 Å². The highest BCUT2D eigenvalue weighted by Crippen LogP contribution is 2.24. The number of amides is 2. The summed E-state index contributed by atoms with van der Waals surface area (Å²) in [6, 6.07) is 13.2. The van der Waals surface area contributed by atoms with E-state index in [0.717, 1.165) is 5.56 Å². The number of anilines is 1. The van der Waals surface area contributed by atoms with Crippen LogP contribution in [0.5, 0.6) is 0 Å². The zero-order valence-corrected chi connectivity index (χ0v) is 14.7. The number of carbonyl (C=O) groups is 3. The van der Waals surface area contributed by atoms with Gasteiger partial charge in [-0.2, -0.15) is 0 Å². The molecular weight excluding hydrogens is 332 g/mol. The van der Waals surface area contributed by atoms with Crippen LogP contribution in [0.4, 0.5) is 5.69 Å². The third kappa shape index (κ3) is 3.44. The first kappa shape index (κ1) is 17.7. The molecule has 1 unspecified atom stereocenters. The summed E-state index contributed by atoms with van der Waals surface area (Å²) in [7, 11) is 0. The predicted octanol–water partition coefficient (Wildman–Crippen LogP) is 2.85. The zero-order valence-electron chi connectivity index (χ0n) is 14.7. The van der Waals surface area contributed by atoms with Gasteiger partial charge in [0.1, 0.15) is 6.04 Å². The number of carbonyl (C=O) groups excluding carboxylic acids is 3. The molecule has 1 atom stereocenters. The maximum Gasteiger partial charge on any atom is 0.338 e. The van der Waals surface area contributed by atoms with E-state index in [1.165, 1.54) is 4.90 Å². The lowest BCUT2D eigenvalue weighted by Crippen LogP contribution is -2.42. The lowest BCUT2D eigenvalue weighted by Gasteiger charge is -2.23. The highest BCUT2D eigenvalue weighted by Gasteiger charge is 2.33. The number of esters is 1. The van der Waals surface area contributed by atoms with Crippen LogP contribution >= 0.6 is 0 Å². The molecular formula is C20H20N2O4. The molecule has 6 nitrogen and oxygen atoms in total. The molecule has 1 heterocycles. The van der Waals surface area contributed by atoms with Gasteiger partial charge in [-0.05, 0) is 43.7 Å². The number of nitrogens with zero attached hydrogens (tertiary/aromatic N) is 1. The lowest BCUT2D eigenvalue weighted by atomic mass is 10.1. The maximum absolute atomic E-state index is 12.6. The van der Waals surface area contributed by atoms with E-state index in [0.29, 0.717) is 23.4 Å². The highest BCUT2D eigenvalue weighted by molar-refractivity contribution is 6.03. The number of rotatable bonds is 5. The van der Waals surface area contributed by atoms with Crippen molar-refractivity contribution in [1.82, 2.24) is 4.90 Å². The second-order valence-electron chi connectivity index (χ2n) is 6.06. The van der Waals surface area contributed by atoms with Crippen molar-refractivity contribution < 1.29 is 19.1 Å². The number of hydrogen-bond donors (Lipinski definition) is 1. The molecule has 6 heteroatoms. The van der Waals surface area contributed by atoms with Gasteiger partial charge in [-0.25, -0.2) is 4.79 Å². The van der Waals surface area contributed by atoms with Crippen molar-refractivity contribution in [3.8, 4) is 0 Å². The number of fused-ring (bicyclic) bond motifs is 1. The van der Waals surface area contributed by atoms with Gasteiger partial charge in [0.15, 0.2) is 0 Å². The van der Waals surface area contributed by atoms with Crippen LogP contribution in [-0.2, 0) is 16.1 Å². The molecule has 134 valence electrons. The molecule has 2 aromatic rings. The Labute approximate surface area is 151 Å². The Hall–Kier alpha value is -3.15. The van der Waals surface area contributed by atoms with E-state index in [-0.39, 0.29) is 18.4 Å². The molecule has 0 bridgehead atoms. The summed E-state index contributed by atoms with van der Waals surface area (Å²) in [5, 5.41) is 2.76. The molecule has 0 saturated heterocycles. The maximum atomic E-state index is 12.6. The SMILES string of the molecule is CCOC(=O)c1cccc(NC(=O)C(C)N2Cc3ccccc3C2=O)c1. The third-order valence-electron chi connectivity index (χ3n) is 4.34. The first-order valence-corrected chi connectivity index (χ1v) is 8.48. The van der Waals surface area contributed by atoms with Crippen molar-refractivity contribution in [3.63, 3.8) is 0 Å². The Kier molecular flexibility index (Phi) is 5.02. The predicted molar refractivity (Wildman–Crippen MR) is 96.8 cm³/mol. The molecule has 1 aliphatic rings. The van der Waals surface area contributed by atoms with Crippen LogP contribution in [0.15, 0.2) is 48.5 Å². The third-order valence-corrected chi connectivity index (χ3v) is 4.34. The van der Waals surface area contributed by atoms with Crippen molar-refractivity contribution in [1.29, 1.82) is 0 Å². The fourth-order valence-corrected chi connectivity index (χ4v) is 2.92. The van der Waals surface area contributed by atoms with Gasteiger partial charge in [-0.15, -0.1) is 0 Å². The van der Waals surface area contributed by atoms with E-state index in [2.05, 4.69) is 5.32 Å². The Morgan fingerprint density at radius 1 is 1.19 bits per heavy atom. The van der Waals surface area contributed by atoms with Crippen molar-refractivity contribution in [2.75, 3.05) is 11.9 Å². The molecule has 3 rings (SSSR count). The van der Waals surface area contributed by atoms with Crippen LogP contribution in [0.3, 0.4) is 0 Å². The van der Waals surface area contributed by atoms with Gasteiger partial charge in [0.05, 0.1) is 12.2 Å². The molecule has 0 aliphatic carbocycles. The van der Waals surface area contributed by atoms with Gasteiger partial charge in [0.2, 0.25) is 5.91 Å². The number of benzene rings is 2. The van der Waals surface area contributed by atoms with E-state index in [1.807, 2.05) is 18.2 Å². The molecule has 2 amide bonds. The minimum Gasteiger partial charge on any atom is -0.462 e. The second kappa shape index (κ2) is 7.39. The first-order valence-electron chi connectivity index (χ1n) is 8.48. The van der Waals surface area contributed by atoms with E-state index in [9.17, 15) is 14.4 Å². The molecule has 1 aliphatic heterocycles. The quantitative estimate of drug-likeness (QED) is 0.840. The van der Waals surface area contributed by atoms with Gasteiger partial charge in [-0.1, -0.05) is 24.3 Å². The Morgan fingerprint density at radius 2 is 1.96 bits per heavy atom. The largest absolute Gasteiger partial charge is 0.462 e. The van der Waals surface area contributed by atoms with Crippen molar-refractivity contribution in [2.24, 2.45) is 0 Å². The molecule has 1 N–H and O–H groups in total. The molecule has 26 heavy (non-hydrogen) atoms. The van der Waals surface area contributed by atoms with E-state index >= 15 is 0 Å². The summed E-state index contributed by atoms with van der Waals surface area (Å²) in [6.45, 7) is 4.11. The lowest BCUT2D eigenvalue weighted by molar-refractivity contribution is -0.120. The van der Waals surface area contributed by atoms with Crippen LogP contribution in [0, 0.1) is 0 Å². The summed E-state index contributed by atoms with van der Waals surface area (Å²) in [5.74, 6) is -0.905. The second-order valence-corrected chi connectivity index (χ2v) is 6.06. The van der Waals surface area contributed by atoms with Crippen molar-refractivity contribution >= 4 is 23.5 Å². The van der Waals surface area contributed by atoms with Gasteiger partial charge < -0.3 is 15.0 Å². The summed E-state index contributed by atoms with van der Waals surface area (Å²) in [4.78, 5) is 38.4. The molecule has 0 saturated carbocycles. The summed E-state index contributed by atoms with van der Waals surface area (Å²) in [5.41, 5.74) is 2.40. The summed E-state index contributed by atoms with van der Waals surface area (Å²) >= 11 is 0. The summed E-state index contributed by atoms with van der Waals surface area (Å²) in [6.07, 6.45) is 0. The van der Waals surface area contributed by atoms with Crippen molar-refractivity contribution in [3.05, 3.63) is 65.2 Å². The molecule has 0 radical (unpaired) electrons. The average molecular weight is 352 g/mol. The first-order chi connectivity index (χ1) is 12.5. The van der Waals surface area contributed by atoms with Gasteiger partial charge in [0, 0.05) is 17.8 Å². The Balaban J connectivity index is 1.70. The standard InChI is InChI=1S/C20H20N2O4/c1-3-26-20(25)14-8-6-9-16(11-14)21-18(23)13(2)22-12-15-7-4-5-10-17(15)19(22)24/h4-11,13H,3,12H2,1-2H3,(H,21,23). The van der Waals surface area contributed by atoms with Crippen LogP contribution in [0.2, 0.25) is 0 Å². The van der Waals surface area contributed by atoms with Crippen LogP contribution in [-0.4, -0.2) is 35.3 Å². The van der Waals surface area contributed by atoms with E-state index < -0.39 is 12.0 Å². The molecule has 0 spiro atoms. The van der Waals surface area contributed by atoms with Gasteiger partial charge in [0.25, 0.3) is 5.91 Å². The Morgan fingerprint density at radius 3 is 2.69 bits per heavy atom. The number of ether oxygens (including phenoxy) is 1. The molecule has 2 aromatic carbocycles. The smallest absolute Gasteiger partial charge is 0.338 e. The van der Waals surface area contributed by atoms with Crippen molar-refractivity contribution in [2.45, 2.75) is 26.4 Å². The van der Waals surface area contributed by atoms with Crippen LogP contribution < -0.4 is 5.32 Å². The Bertz CT molecular complexity index is 862. The van der Waals surface area contributed by atoms with E-state index in [1.54, 1.807) is 44.2 Å². The minimum absolute atomic E-state index is 0.150. The normalized spacial score (nSPS) is 13.9. The van der Waals surface area contributed by atoms with Crippen LogP contribution in [0.1, 0.15) is 40.1 Å². The highest BCUT2D eigenvalue weighted by atomic mass is 16.5. The fraction of sp³-hybridized carbons (Fsp3) is 0.250. The minimum atomic E-state index is -0.638. The zero-order chi connectivity index (χ0) is 18.7. The number of nitrogens with one attached hydrogen (secondary N) is 1. The molecule has 0 fully saturated rings. The number of hydrogen-bond acceptors (Lipinski definition) is 4.